The number of aryl methyl sites for hydroxylation is 1. The lowest BCUT2D eigenvalue weighted by Crippen LogP contribution is -2.54. The number of rotatable bonds is 3. The Labute approximate surface area is 101 Å². The molecule has 0 spiro atoms. The Kier molecular flexibility index (Phi) is 3.45. The maximum Gasteiger partial charge on any atom is 0.242 e. The van der Waals surface area contributed by atoms with Gasteiger partial charge in [-0.3, -0.25) is 4.79 Å². The molecule has 1 unspecified atom stereocenters. The van der Waals surface area contributed by atoms with Gasteiger partial charge in [0.2, 0.25) is 5.91 Å². The molecule has 3 N–H and O–H groups in total. The van der Waals surface area contributed by atoms with E-state index >= 15 is 0 Å². The normalized spacial score (nSPS) is 23.6. The van der Waals surface area contributed by atoms with Gasteiger partial charge in [-0.25, -0.2) is 0 Å². The number of hydrogen-bond donors (Lipinski definition) is 2. The molecule has 17 heavy (non-hydrogen) atoms. The molecule has 1 saturated heterocycles. The molecule has 4 nitrogen and oxygen atoms in total. The molecule has 1 atom stereocenters. The number of nitrogens with two attached hydrogens (primary N) is 1. The Morgan fingerprint density at radius 3 is 2.94 bits per heavy atom. The van der Waals surface area contributed by atoms with Gasteiger partial charge in [-0.1, -0.05) is 24.3 Å². The van der Waals surface area contributed by atoms with E-state index in [9.17, 15) is 4.79 Å². The molecule has 0 aromatic heterocycles. The summed E-state index contributed by atoms with van der Waals surface area (Å²) in [7, 11) is 0. The van der Waals surface area contributed by atoms with E-state index in [-0.39, 0.29) is 5.91 Å². The van der Waals surface area contributed by atoms with Crippen molar-refractivity contribution in [2.45, 2.75) is 25.4 Å². The van der Waals surface area contributed by atoms with Crippen molar-refractivity contribution < 1.29 is 9.53 Å². The van der Waals surface area contributed by atoms with Crippen LogP contribution >= 0.6 is 0 Å². The lowest BCUT2D eigenvalue weighted by atomic mass is 9.99. The summed E-state index contributed by atoms with van der Waals surface area (Å²) in [6.45, 7) is 3.42. The predicted octanol–water partition coefficient (Wildman–Crippen LogP) is 0.729. The van der Waals surface area contributed by atoms with E-state index in [1.165, 1.54) is 5.56 Å². The Morgan fingerprint density at radius 1 is 1.53 bits per heavy atom. The van der Waals surface area contributed by atoms with Gasteiger partial charge in [0.25, 0.3) is 0 Å². The summed E-state index contributed by atoms with van der Waals surface area (Å²) in [4.78, 5) is 11.9. The second-order valence-corrected chi connectivity index (χ2v) is 4.57. The molecule has 0 bridgehead atoms. The van der Waals surface area contributed by atoms with Gasteiger partial charge in [-0.2, -0.15) is 0 Å². The fourth-order valence-corrected chi connectivity index (χ4v) is 1.92. The first-order valence-corrected chi connectivity index (χ1v) is 5.81. The second kappa shape index (κ2) is 4.85. The average Bonchev–Trinajstić information content (AvgIpc) is 2.76. The molecule has 1 aromatic carbocycles. The largest absolute Gasteiger partial charge is 0.379 e. The van der Waals surface area contributed by atoms with E-state index in [4.69, 9.17) is 10.5 Å². The summed E-state index contributed by atoms with van der Waals surface area (Å²) in [5.74, 6) is -0.127. The van der Waals surface area contributed by atoms with Crippen LogP contribution in [-0.4, -0.2) is 24.7 Å². The van der Waals surface area contributed by atoms with Crippen molar-refractivity contribution in [1.29, 1.82) is 0 Å². The highest BCUT2D eigenvalue weighted by Gasteiger charge is 2.37. The summed E-state index contributed by atoms with van der Waals surface area (Å²) >= 11 is 0. The molecule has 0 aliphatic carbocycles. The minimum absolute atomic E-state index is 0.127. The summed E-state index contributed by atoms with van der Waals surface area (Å²) in [5.41, 5.74) is 7.41. The summed E-state index contributed by atoms with van der Waals surface area (Å²) in [5, 5.41) is 2.88. The third-order valence-corrected chi connectivity index (χ3v) is 3.21. The fourth-order valence-electron chi connectivity index (χ4n) is 1.92. The summed E-state index contributed by atoms with van der Waals surface area (Å²) in [6.07, 6.45) is 0.590. The molecule has 1 heterocycles. The standard InChI is InChI=1S/C13H18N2O2/c1-10-4-2-3-5-11(10)8-15-12(16)13(14)6-7-17-9-13/h2-5H,6-9,14H2,1H3,(H,15,16). The van der Waals surface area contributed by atoms with Crippen molar-refractivity contribution in [3.63, 3.8) is 0 Å². The van der Waals surface area contributed by atoms with E-state index in [0.29, 0.717) is 26.2 Å². The number of ether oxygens (including phenoxy) is 1. The number of benzene rings is 1. The zero-order valence-electron chi connectivity index (χ0n) is 10.0. The van der Waals surface area contributed by atoms with Crippen molar-refractivity contribution in [1.82, 2.24) is 5.32 Å². The van der Waals surface area contributed by atoms with Crippen LogP contribution in [0, 0.1) is 6.92 Å². The van der Waals surface area contributed by atoms with Crippen molar-refractivity contribution in [3.05, 3.63) is 35.4 Å². The van der Waals surface area contributed by atoms with Crippen LogP contribution < -0.4 is 11.1 Å². The van der Waals surface area contributed by atoms with E-state index in [0.717, 1.165) is 5.56 Å². The smallest absolute Gasteiger partial charge is 0.242 e. The molecule has 1 amide bonds. The molecule has 1 aliphatic heterocycles. The topological polar surface area (TPSA) is 64.4 Å². The van der Waals surface area contributed by atoms with E-state index in [2.05, 4.69) is 5.32 Å². The monoisotopic (exact) mass is 234 g/mol. The Bertz CT molecular complexity index is 412. The molecule has 0 radical (unpaired) electrons. The van der Waals surface area contributed by atoms with Crippen LogP contribution in [0.15, 0.2) is 24.3 Å². The van der Waals surface area contributed by atoms with Gasteiger partial charge < -0.3 is 15.8 Å². The van der Waals surface area contributed by atoms with Gasteiger partial charge in [0.1, 0.15) is 5.54 Å². The summed E-state index contributed by atoms with van der Waals surface area (Å²) < 4.78 is 5.17. The van der Waals surface area contributed by atoms with Gasteiger partial charge in [0.05, 0.1) is 6.61 Å². The first-order chi connectivity index (χ1) is 8.12. The van der Waals surface area contributed by atoms with Crippen LogP contribution in [0.2, 0.25) is 0 Å². The van der Waals surface area contributed by atoms with Crippen LogP contribution in [0.4, 0.5) is 0 Å². The Morgan fingerprint density at radius 2 is 2.29 bits per heavy atom. The van der Waals surface area contributed by atoms with Crippen LogP contribution in [0.3, 0.4) is 0 Å². The molecular formula is C13H18N2O2. The zero-order valence-corrected chi connectivity index (χ0v) is 10.0. The predicted molar refractivity (Wildman–Crippen MR) is 65.4 cm³/mol. The van der Waals surface area contributed by atoms with Crippen LogP contribution in [0.25, 0.3) is 0 Å². The van der Waals surface area contributed by atoms with Crippen LogP contribution in [0.5, 0.6) is 0 Å². The average molecular weight is 234 g/mol. The SMILES string of the molecule is Cc1ccccc1CNC(=O)C1(N)CCOC1. The highest BCUT2D eigenvalue weighted by Crippen LogP contribution is 2.16. The third kappa shape index (κ3) is 2.65. The van der Waals surface area contributed by atoms with Crippen LogP contribution in [0.1, 0.15) is 17.5 Å². The quantitative estimate of drug-likeness (QED) is 0.810. The molecule has 1 fully saturated rings. The van der Waals surface area contributed by atoms with E-state index < -0.39 is 5.54 Å². The van der Waals surface area contributed by atoms with Gasteiger partial charge in [0.15, 0.2) is 0 Å². The van der Waals surface area contributed by atoms with E-state index in [1.54, 1.807) is 0 Å². The van der Waals surface area contributed by atoms with Crippen LogP contribution in [-0.2, 0) is 16.1 Å². The van der Waals surface area contributed by atoms with Gasteiger partial charge >= 0.3 is 0 Å². The third-order valence-electron chi connectivity index (χ3n) is 3.21. The Hall–Kier alpha value is -1.39. The van der Waals surface area contributed by atoms with Crippen molar-refractivity contribution >= 4 is 5.91 Å². The molecule has 92 valence electrons. The fraction of sp³-hybridized carbons (Fsp3) is 0.462. The number of nitrogens with one attached hydrogen (secondary N) is 1. The zero-order chi connectivity index (χ0) is 12.3. The minimum atomic E-state index is -0.845. The number of carbonyl (C=O) groups excluding carboxylic acids is 1. The van der Waals surface area contributed by atoms with Crippen molar-refractivity contribution in [2.75, 3.05) is 13.2 Å². The molecular weight excluding hydrogens is 216 g/mol. The van der Waals surface area contributed by atoms with Gasteiger partial charge in [-0.05, 0) is 24.5 Å². The number of amides is 1. The summed E-state index contributed by atoms with van der Waals surface area (Å²) in [6, 6.07) is 7.98. The number of carbonyl (C=O) groups is 1. The van der Waals surface area contributed by atoms with Crippen molar-refractivity contribution in [2.24, 2.45) is 5.73 Å². The number of hydrogen-bond acceptors (Lipinski definition) is 3. The van der Waals surface area contributed by atoms with Gasteiger partial charge in [0, 0.05) is 13.2 Å². The first kappa shape index (κ1) is 12.1. The molecule has 2 rings (SSSR count). The van der Waals surface area contributed by atoms with E-state index in [1.807, 2.05) is 31.2 Å². The first-order valence-electron chi connectivity index (χ1n) is 5.81. The lowest BCUT2D eigenvalue weighted by Gasteiger charge is -2.20. The molecule has 1 aromatic rings. The molecule has 1 aliphatic rings. The molecule has 4 heteroatoms. The Balaban J connectivity index is 1.94. The van der Waals surface area contributed by atoms with Crippen molar-refractivity contribution in [3.8, 4) is 0 Å². The lowest BCUT2D eigenvalue weighted by molar-refractivity contribution is -0.126. The minimum Gasteiger partial charge on any atom is -0.379 e. The van der Waals surface area contributed by atoms with Gasteiger partial charge in [-0.15, -0.1) is 0 Å². The highest BCUT2D eigenvalue weighted by atomic mass is 16.5. The molecule has 0 saturated carbocycles. The maximum absolute atomic E-state index is 11.9. The maximum atomic E-state index is 11.9. The highest BCUT2D eigenvalue weighted by molar-refractivity contribution is 5.86. The second-order valence-electron chi connectivity index (χ2n) is 4.57.